The Hall–Kier alpha value is -3.18. The van der Waals surface area contributed by atoms with Crippen molar-refractivity contribution in [3.63, 3.8) is 0 Å². The van der Waals surface area contributed by atoms with Crippen LogP contribution in [-0.2, 0) is 15.7 Å². The van der Waals surface area contributed by atoms with Gasteiger partial charge < -0.3 is 14.8 Å². The van der Waals surface area contributed by atoms with Crippen LogP contribution in [0.4, 0.5) is 19.0 Å². The molecule has 0 radical (unpaired) electrons. The van der Waals surface area contributed by atoms with Crippen LogP contribution in [0.5, 0.6) is 5.75 Å². The first-order valence-electron chi connectivity index (χ1n) is 8.47. The van der Waals surface area contributed by atoms with Crippen LogP contribution in [0.1, 0.15) is 16.1 Å². The van der Waals surface area contributed by atoms with Crippen molar-refractivity contribution in [1.82, 2.24) is 9.97 Å². The number of amides is 1. The van der Waals surface area contributed by atoms with Crippen molar-refractivity contribution in [2.24, 2.45) is 0 Å². The monoisotopic (exact) mass is 471 g/mol. The molecule has 31 heavy (non-hydrogen) atoms. The molecule has 0 fully saturated rings. The molecule has 0 aliphatic carbocycles. The van der Waals surface area contributed by atoms with Crippen molar-refractivity contribution in [2.45, 2.75) is 6.18 Å². The van der Waals surface area contributed by atoms with Gasteiger partial charge in [0.25, 0.3) is 5.91 Å². The van der Waals surface area contributed by atoms with Crippen molar-refractivity contribution in [1.29, 1.82) is 0 Å². The van der Waals surface area contributed by atoms with Gasteiger partial charge in [0.2, 0.25) is 0 Å². The van der Waals surface area contributed by atoms with Gasteiger partial charge in [-0.3, -0.25) is 4.79 Å². The van der Waals surface area contributed by atoms with Crippen molar-refractivity contribution >= 4 is 40.6 Å². The first-order valence-corrected chi connectivity index (χ1v) is 9.73. The van der Waals surface area contributed by atoms with E-state index in [0.29, 0.717) is 23.0 Å². The number of benzene rings is 1. The number of esters is 1. The van der Waals surface area contributed by atoms with E-state index in [9.17, 15) is 22.8 Å². The van der Waals surface area contributed by atoms with E-state index in [0.717, 1.165) is 5.56 Å². The van der Waals surface area contributed by atoms with Gasteiger partial charge in [0, 0.05) is 17.1 Å². The van der Waals surface area contributed by atoms with Crippen molar-refractivity contribution < 1.29 is 32.2 Å². The number of rotatable bonds is 6. The maximum atomic E-state index is 12.6. The molecule has 1 amide bonds. The highest BCUT2D eigenvalue weighted by Crippen LogP contribution is 2.32. The van der Waals surface area contributed by atoms with Gasteiger partial charge in [0.05, 0.1) is 17.7 Å². The second-order valence-electron chi connectivity index (χ2n) is 5.94. The molecule has 0 bridgehead atoms. The average molecular weight is 472 g/mol. The Morgan fingerprint density at radius 1 is 1.23 bits per heavy atom. The Morgan fingerprint density at radius 3 is 2.55 bits per heavy atom. The summed E-state index contributed by atoms with van der Waals surface area (Å²) in [4.78, 5) is 31.7. The fourth-order valence-corrected chi connectivity index (χ4v) is 3.30. The topological polar surface area (TPSA) is 90.4 Å². The summed E-state index contributed by atoms with van der Waals surface area (Å²) < 4.78 is 47.8. The second kappa shape index (κ2) is 9.31. The number of hydrogen-bond donors (Lipinski definition) is 1. The number of nitrogens with one attached hydrogen (secondary N) is 1. The molecule has 2 aromatic heterocycles. The number of alkyl halides is 3. The van der Waals surface area contributed by atoms with Gasteiger partial charge in [-0.1, -0.05) is 11.6 Å². The smallest absolute Gasteiger partial charge is 0.417 e. The largest absolute Gasteiger partial charge is 0.497 e. The van der Waals surface area contributed by atoms with Crippen molar-refractivity contribution in [3.8, 4) is 16.3 Å². The number of anilines is 1. The number of hydrogen-bond acceptors (Lipinski definition) is 7. The van der Waals surface area contributed by atoms with Crippen LogP contribution >= 0.6 is 22.9 Å². The lowest BCUT2D eigenvalue weighted by molar-refractivity contribution is -0.137. The van der Waals surface area contributed by atoms with Gasteiger partial charge in [0.15, 0.2) is 18.1 Å². The van der Waals surface area contributed by atoms with E-state index in [1.165, 1.54) is 16.7 Å². The number of halogens is 4. The van der Waals surface area contributed by atoms with Gasteiger partial charge in [-0.05, 0) is 30.3 Å². The Morgan fingerprint density at radius 2 is 1.94 bits per heavy atom. The summed E-state index contributed by atoms with van der Waals surface area (Å²) in [5.41, 5.74) is -0.280. The minimum Gasteiger partial charge on any atom is -0.497 e. The van der Waals surface area contributed by atoms with Crippen LogP contribution in [-0.4, -0.2) is 35.6 Å². The summed E-state index contributed by atoms with van der Waals surface area (Å²) in [5.74, 6) is -1.27. The van der Waals surface area contributed by atoms with Crippen molar-refractivity contribution in [3.05, 3.63) is 58.2 Å². The number of pyridine rings is 1. The third-order valence-electron chi connectivity index (χ3n) is 3.81. The number of methoxy groups -OCH3 is 1. The highest BCUT2D eigenvalue weighted by Gasteiger charge is 2.31. The fourth-order valence-electron chi connectivity index (χ4n) is 2.29. The molecule has 3 rings (SSSR count). The summed E-state index contributed by atoms with van der Waals surface area (Å²) in [7, 11) is 1.55. The zero-order valence-electron chi connectivity index (χ0n) is 15.7. The molecule has 0 atom stereocenters. The third kappa shape index (κ3) is 5.70. The third-order valence-corrected chi connectivity index (χ3v) is 4.99. The van der Waals surface area contributed by atoms with E-state index < -0.39 is 35.2 Å². The molecule has 0 aliphatic rings. The fraction of sp³-hybridized carbons (Fsp3) is 0.158. The van der Waals surface area contributed by atoms with Crippen LogP contribution < -0.4 is 10.1 Å². The molecule has 0 saturated heterocycles. The molecule has 7 nitrogen and oxygen atoms in total. The molecule has 0 spiro atoms. The molecular weight excluding hydrogens is 459 g/mol. The molecule has 162 valence electrons. The predicted octanol–water partition coefficient (Wildman–Crippen LogP) is 4.68. The molecule has 0 saturated carbocycles. The van der Waals surface area contributed by atoms with E-state index in [2.05, 4.69) is 15.3 Å². The van der Waals surface area contributed by atoms with Gasteiger partial charge in [-0.2, -0.15) is 13.2 Å². The molecule has 1 N–H and O–H groups in total. The number of nitrogens with zero attached hydrogens (tertiary/aromatic N) is 2. The summed E-state index contributed by atoms with van der Waals surface area (Å²) in [6.45, 7) is -0.701. The minimum atomic E-state index is -4.62. The van der Waals surface area contributed by atoms with Gasteiger partial charge in [-0.25, -0.2) is 14.8 Å². The quantitative estimate of drug-likeness (QED) is 0.525. The molecule has 2 heterocycles. The van der Waals surface area contributed by atoms with E-state index in [4.69, 9.17) is 21.1 Å². The standard InChI is InChI=1S/C19H13ClF3N3O4S/c1-29-12-4-2-10(3-5-12)17-25-14(9-31-17)18(28)30-8-15(27)26-16-13(20)6-11(7-24-16)19(21,22)23/h2-7,9H,8H2,1H3,(H,24,26,27). The first kappa shape index (κ1) is 22.5. The number of ether oxygens (including phenoxy) is 2. The number of carbonyl (C=O) groups is 2. The minimum absolute atomic E-state index is 0.00862. The first-order chi connectivity index (χ1) is 14.7. The highest BCUT2D eigenvalue weighted by atomic mass is 35.5. The average Bonchev–Trinajstić information content (AvgIpc) is 3.23. The van der Waals surface area contributed by atoms with Crippen LogP contribution in [0.2, 0.25) is 5.02 Å². The zero-order chi connectivity index (χ0) is 22.6. The van der Waals surface area contributed by atoms with Crippen LogP contribution in [0.25, 0.3) is 10.6 Å². The van der Waals surface area contributed by atoms with Gasteiger partial charge in [0.1, 0.15) is 10.8 Å². The van der Waals surface area contributed by atoms with Crippen LogP contribution in [0.15, 0.2) is 41.9 Å². The Balaban J connectivity index is 1.57. The lowest BCUT2D eigenvalue weighted by Gasteiger charge is -2.10. The highest BCUT2D eigenvalue weighted by molar-refractivity contribution is 7.13. The molecule has 1 aromatic carbocycles. The lowest BCUT2D eigenvalue weighted by Crippen LogP contribution is -2.22. The molecule has 3 aromatic rings. The predicted molar refractivity (Wildman–Crippen MR) is 107 cm³/mol. The van der Waals surface area contributed by atoms with E-state index in [1.54, 1.807) is 31.4 Å². The maximum absolute atomic E-state index is 12.6. The van der Waals surface area contributed by atoms with Gasteiger partial charge in [-0.15, -0.1) is 11.3 Å². The van der Waals surface area contributed by atoms with Crippen LogP contribution in [0, 0.1) is 0 Å². The Kier molecular flexibility index (Phi) is 6.76. The number of carbonyl (C=O) groups excluding carboxylic acids is 2. The Bertz CT molecular complexity index is 1100. The van der Waals surface area contributed by atoms with Gasteiger partial charge >= 0.3 is 12.1 Å². The van der Waals surface area contributed by atoms with Crippen LogP contribution in [0.3, 0.4) is 0 Å². The SMILES string of the molecule is COc1ccc(-c2nc(C(=O)OCC(=O)Nc3ncc(C(F)(F)F)cc3Cl)cs2)cc1. The molecule has 0 unspecified atom stereocenters. The summed E-state index contributed by atoms with van der Waals surface area (Å²) in [6, 6.07) is 7.69. The van der Waals surface area contributed by atoms with E-state index in [-0.39, 0.29) is 11.5 Å². The molecular formula is C19H13ClF3N3O4S. The summed E-state index contributed by atoms with van der Waals surface area (Å²) in [5, 5.41) is 3.83. The van der Waals surface area contributed by atoms with E-state index in [1.807, 2.05) is 0 Å². The Labute approximate surface area is 182 Å². The molecule has 12 heteroatoms. The summed E-state index contributed by atoms with van der Waals surface area (Å²) >= 11 is 6.93. The maximum Gasteiger partial charge on any atom is 0.417 e. The normalized spacial score (nSPS) is 11.1. The zero-order valence-corrected chi connectivity index (χ0v) is 17.3. The number of aromatic nitrogens is 2. The van der Waals surface area contributed by atoms with Crippen molar-refractivity contribution in [2.75, 3.05) is 19.0 Å². The second-order valence-corrected chi connectivity index (χ2v) is 7.21. The van der Waals surface area contributed by atoms with E-state index >= 15 is 0 Å². The number of thiazole rings is 1. The summed E-state index contributed by atoms with van der Waals surface area (Å²) in [6.07, 6.45) is -4.09. The lowest BCUT2D eigenvalue weighted by atomic mass is 10.2. The molecule has 0 aliphatic heterocycles.